The third-order valence-electron chi connectivity index (χ3n) is 2.87. The molecule has 1 unspecified atom stereocenters. The molecule has 0 aliphatic carbocycles. The molecule has 6 heteroatoms. The molecule has 108 valence electrons. The van der Waals surface area contributed by atoms with Crippen molar-refractivity contribution in [3.05, 3.63) is 51.7 Å². The van der Waals surface area contributed by atoms with Gasteiger partial charge in [-0.2, -0.15) is 13.2 Å². The largest absolute Gasteiger partial charge is 0.483 e. The van der Waals surface area contributed by atoms with E-state index in [1.165, 1.54) is 29.5 Å². The molecule has 1 aromatic heterocycles. The van der Waals surface area contributed by atoms with Crippen LogP contribution >= 0.6 is 11.3 Å². The average molecular weight is 301 g/mol. The number of hydrogen-bond donors (Lipinski definition) is 1. The van der Waals surface area contributed by atoms with Crippen molar-refractivity contribution in [3.8, 4) is 5.75 Å². The Morgan fingerprint density at radius 1 is 1.25 bits per heavy atom. The first kappa shape index (κ1) is 14.9. The van der Waals surface area contributed by atoms with Gasteiger partial charge in [-0.3, -0.25) is 0 Å². The van der Waals surface area contributed by atoms with Gasteiger partial charge in [-0.1, -0.05) is 12.1 Å². The molecule has 0 aliphatic rings. The summed E-state index contributed by atoms with van der Waals surface area (Å²) in [5.41, 5.74) is 5.82. The predicted molar refractivity (Wildman–Crippen MR) is 72.9 cm³/mol. The van der Waals surface area contributed by atoms with Gasteiger partial charge in [0.15, 0.2) is 0 Å². The molecular formula is C14H14F3NOS. The Bertz CT molecular complexity index is 580. The number of halogens is 3. The van der Waals surface area contributed by atoms with Crippen LogP contribution in [0.2, 0.25) is 0 Å². The molecule has 0 aliphatic heterocycles. The van der Waals surface area contributed by atoms with E-state index < -0.39 is 17.8 Å². The molecule has 20 heavy (non-hydrogen) atoms. The van der Waals surface area contributed by atoms with Crippen LogP contribution in [0.25, 0.3) is 0 Å². The highest BCUT2D eigenvalue weighted by atomic mass is 32.1. The van der Waals surface area contributed by atoms with Crippen molar-refractivity contribution in [2.75, 3.05) is 6.54 Å². The number of benzene rings is 1. The van der Waals surface area contributed by atoms with Gasteiger partial charge in [-0.05, 0) is 36.1 Å². The van der Waals surface area contributed by atoms with Crippen molar-refractivity contribution in [1.82, 2.24) is 0 Å². The Balaban J connectivity index is 2.32. The van der Waals surface area contributed by atoms with E-state index in [1.807, 2.05) is 18.4 Å². The standard InChI is InChI=1S/C14H14F3NOS/c1-9-6-7-20-13(9)12(8-18)19-11-5-3-2-4-10(11)14(15,16)17/h2-7,12H,8,18H2,1H3. The van der Waals surface area contributed by atoms with Crippen LogP contribution in [-0.4, -0.2) is 6.54 Å². The van der Waals surface area contributed by atoms with Crippen molar-refractivity contribution < 1.29 is 17.9 Å². The first-order valence-electron chi connectivity index (χ1n) is 6.00. The summed E-state index contributed by atoms with van der Waals surface area (Å²) in [5.74, 6) is -0.191. The first-order valence-corrected chi connectivity index (χ1v) is 6.88. The lowest BCUT2D eigenvalue weighted by Crippen LogP contribution is -2.20. The Morgan fingerprint density at radius 2 is 1.95 bits per heavy atom. The molecule has 2 N–H and O–H groups in total. The second-order valence-electron chi connectivity index (χ2n) is 4.30. The molecule has 0 saturated carbocycles. The van der Waals surface area contributed by atoms with Gasteiger partial charge in [0.1, 0.15) is 11.9 Å². The lowest BCUT2D eigenvalue weighted by Gasteiger charge is -2.20. The molecule has 2 nitrogen and oxygen atoms in total. The average Bonchev–Trinajstić information content (AvgIpc) is 2.81. The normalized spacial score (nSPS) is 13.2. The van der Waals surface area contributed by atoms with E-state index in [-0.39, 0.29) is 12.3 Å². The van der Waals surface area contributed by atoms with Gasteiger partial charge in [0.05, 0.1) is 5.56 Å². The van der Waals surface area contributed by atoms with Crippen molar-refractivity contribution in [3.63, 3.8) is 0 Å². The van der Waals surface area contributed by atoms with Gasteiger partial charge >= 0.3 is 6.18 Å². The molecule has 1 aromatic carbocycles. The fourth-order valence-corrected chi connectivity index (χ4v) is 2.85. The minimum Gasteiger partial charge on any atom is -0.483 e. The van der Waals surface area contributed by atoms with Crippen LogP contribution in [0.15, 0.2) is 35.7 Å². The van der Waals surface area contributed by atoms with Gasteiger partial charge in [-0.15, -0.1) is 11.3 Å². The number of nitrogens with two attached hydrogens (primary N) is 1. The topological polar surface area (TPSA) is 35.2 Å². The van der Waals surface area contributed by atoms with E-state index in [9.17, 15) is 13.2 Å². The zero-order chi connectivity index (χ0) is 14.8. The summed E-state index contributed by atoms with van der Waals surface area (Å²) in [6.07, 6.45) is -5.02. The van der Waals surface area contributed by atoms with Gasteiger partial charge in [-0.25, -0.2) is 0 Å². The molecular weight excluding hydrogens is 287 g/mol. The zero-order valence-electron chi connectivity index (χ0n) is 10.8. The van der Waals surface area contributed by atoms with Crippen molar-refractivity contribution >= 4 is 11.3 Å². The summed E-state index contributed by atoms with van der Waals surface area (Å²) in [4.78, 5) is 0.851. The van der Waals surface area contributed by atoms with E-state index in [4.69, 9.17) is 10.5 Å². The maximum atomic E-state index is 12.9. The van der Waals surface area contributed by atoms with Crippen LogP contribution in [-0.2, 0) is 6.18 Å². The summed E-state index contributed by atoms with van der Waals surface area (Å²) in [5, 5.41) is 1.87. The minimum atomic E-state index is -4.44. The lowest BCUT2D eigenvalue weighted by molar-refractivity contribution is -0.139. The number of thiophene rings is 1. The van der Waals surface area contributed by atoms with Crippen molar-refractivity contribution in [1.29, 1.82) is 0 Å². The fraction of sp³-hybridized carbons (Fsp3) is 0.286. The van der Waals surface area contributed by atoms with Crippen LogP contribution < -0.4 is 10.5 Å². The predicted octanol–water partition coefficient (Wildman–Crippen LogP) is 4.15. The summed E-state index contributed by atoms with van der Waals surface area (Å²) in [7, 11) is 0. The quantitative estimate of drug-likeness (QED) is 0.920. The highest BCUT2D eigenvalue weighted by Crippen LogP contribution is 2.38. The Morgan fingerprint density at radius 3 is 2.50 bits per heavy atom. The number of rotatable bonds is 4. The summed E-state index contributed by atoms with van der Waals surface area (Å²) < 4.78 is 44.3. The van der Waals surface area contributed by atoms with Gasteiger partial charge in [0, 0.05) is 11.4 Å². The highest BCUT2D eigenvalue weighted by molar-refractivity contribution is 7.10. The number of ether oxygens (including phenoxy) is 1. The molecule has 0 bridgehead atoms. The van der Waals surface area contributed by atoms with Crippen LogP contribution in [0.5, 0.6) is 5.75 Å². The van der Waals surface area contributed by atoms with Gasteiger partial charge in [0.2, 0.25) is 0 Å². The molecule has 0 amide bonds. The number of aryl methyl sites for hydroxylation is 1. The van der Waals surface area contributed by atoms with Crippen LogP contribution in [0.1, 0.15) is 22.1 Å². The maximum absolute atomic E-state index is 12.9. The van der Waals surface area contributed by atoms with Gasteiger partial charge in [0.25, 0.3) is 0 Å². The fourth-order valence-electron chi connectivity index (χ4n) is 1.88. The highest BCUT2D eigenvalue weighted by Gasteiger charge is 2.34. The van der Waals surface area contributed by atoms with Crippen molar-refractivity contribution in [2.24, 2.45) is 5.73 Å². The van der Waals surface area contributed by atoms with Crippen LogP contribution in [0, 0.1) is 6.92 Å². The molecule has 0 radical (unpaired) electrons. The summed E-state index contributed by atoms with van der Waals surface area (Å²) in [6.45, 7) is 2.00. The molecule has 1 atom stereocenters. The third kappa shape index (κ3) is 3.13. The SMILES string of the molecule is Cc1ccsc1C(CN)Oc1ccccc1C(F)(F)F. The number of para-hydroxylation sites is 1. The summed E-state index contributed by atoms with van der Waals surface area (Å²) in [6, 6.07) is 7.06. The third-order valence-corrected chi connectivity index (χ3v) is 3.98. The van der Waals surface area contributed by atoms with E-state index >= 15 is 0 Å². The lowest BCUT2D eigenvalue weighted by atomic mass is 10.1. The second kappa shape index (κ2) is 5.85. The number of alkyl halides is 3. The molecule has 0 saturated heterocycles. The maximum Gasteiger partial charge on any atom is 0.419 e. The minimum absolute atomic E-state index is 0.119. The Hall–Kier alpha value is -1.53. The van der Waals surface area contributed by atoms with Crippen molar-refractivity contribution in [2.45, 2.75) is 19.2 Å². The van der Waals surface area contributed by atoms with Gasteiger partial charge < -0.3 is 10.5 Å². The molecule has 2 rings (SSSR count). The molecule has 0 spiro atoms. The number of hydrogen-bond acceptors (Lipinski definition) is 3. The van der Waals surface area contributed by atoms with E-state index in [0.717, 1.165) is 16.5 Å². The molecule has 2 aromatic rings. The van der Waals surface area contributed by atoms with E-state index in [0.29, 0.717) is 0 Å². The Labute approximate surface area is 119 Å². The monoisotopic (exact) mass is 301 g/mol. The molecule has 0 fully saturated rings. The van der Waals surface area contributed by atoms with E-state index in [1.54, 1.807) is 0 Å². The summed E-state index contributed by atoms with van der Waals surface area (Å²) >= 11 is 1.43. The van der Waals surface area contributed by atoms with Crippen LogP contribution in [0.4, 0.5) is 13.2 Å². The van der Waals surface area contributed by atoms with Crippen LogP contribution in [0.3, 0.4) is 0 Å². The van der Waals surface area contributed by atoms with E-state index in [2.05, 4.69) is 0 Å². The second-order valence-corrected chi connectivity index (χ2v) is 5.25. The Kier molecular flexibility index (Phi) is 4.35. The zero-order valence-corrected chi connectivity index (χ0v) is 11.6. The first-order chi connectivity index (χ1) is 9.43. The molecule has 1 heterocycles. The smallest absolute Gasteiger partial charge is 0.419 e.